The molecule has 0 aliphatic carbocycles. The highest BCUT2D eigenvalue weighted by Crippen LogP contribution is 2.21. The van der Waals surface area contributed by atoms with Crippen molar-refractivity contribution in [1.29, 1.82) is 0 Å². The maximum absolute atomic E-state index is 13.0. The third-order valence-electron chi connectivity index (χ3n) is 4.83. The molecular formula is C20H26FN3O3. The van der Waals surface area contributed by atoms with Crippen LogP contribution in [0.1, 0.15) is 26.2 Å². The summed E-state index contributed by atoms with van der Waals surface area (Å²) in [6, 6.07) is 6.03. The Hall–Kier alpha value is -2.25. The molecule has 2 heterocycles. The van der Waals surface area contributed by atoms with E-state index in [0.29, 0.717) is 31.0 Å². The van der Waals surface area contributed by atoms with Crippen LogP contribution in [0.5, 0.6) is 0 Å². The quantitative estimate of drug-likeness (QED) is 0.806. The first kappa shape index (κ1) is 19.5. The first-order chi connectivity index (χ1) is 12.9. The Morgan fingerprint density at radius 1 is 1.26 bits per heavy atom. The van der Waals surface area contributed by atoms with Crippen LogP contribution in [0, 0.1) is 5.82 Å². The highest BCUT2D eigenvalue weighted by molar-refractivity contribution is 5.76. The monoisotopic (exact) mass is 375 g/mol. The number of hydrogen-bond donors (Lipinski definition) is 1. The summed E-state index contributed by atoms with van der Waals surface area (Å²) in [5.74, 6) is 0.740. The predicted molar refractivity (Wildman–Crippen MR) is 99.7 cm³/mol. The molecule has 0 spiro atoms. The van der Waals surface area contributed by atoms with Gasteiger partial charge in [-0.1, -0.05) is 0 Å². The number of aryl methyl sites for hydroxylation is 1. The summed E-state index contributed by atoms with van der Waals surface area (Å²) < 4.78 is 24.0. The van der Waals surface area contributed by atoms with Gasteiger partial charge in [-0.25, -0.2) is 9.37 Å². The largest absolute Gasteiger partial charge is 0.441 e. The smallest absolute Gasteiger partial charge is 0.220 e. The lowest BCUT2D eigenvalue weighted by Gasteiger charge is -2.40. The zero-order valence-corrected chi connectivity index (χ0v) is 15.8. The Balaban J connectivity index is 1.46. The average Bonchev–Trinajstić information content (AvgIpc) is 3.15. The molecule has 0 atom stereocenters. The Bertz CT molecular complexity index is 752. The zero-order valence-electron chi connectivity index (χ0n) is 15.8. The van der Waals surface area contributed by atoms with Gasteiger partial charge in [0.1, 0.15) is 5.82 Å². The predicted octanol–water partition coefficient (Wildman–Crippen LogP) is 2.64. The SMILES string of the molecule is CC(C)(CNC(=O)CCc1ncc(-c2ccc(F)cc2)o1)N1CCOCC1. The molecule has 1 fully saturated rings. The van der Waals surface area contributed by atoms with Crippen molar-refractivity contribution < 1.29 is 18.3 Å². The van der Waals surface area contributed by atoms with Gasteiger partial charge in [-0.3, -0.25) is 9.69 Å². The van der Waals surface area contributed by atoms with E-state index in [9.17, 15) is 9.18 Å². The molecule has 0 saturated carbocycles. The van der Waals surface area contributed by atoms with Crippen molar-refractivity contribution in [2.24, 2.45) is 0 Å². The van der Waals surface area contributed by atoms with Crippen LogP contribution < -0.4 is 5.32 Å². The number of morpholine rings is 1. The lowest BCUT2D eigenvalue weighted by atomic mass is 10.0. The van der Waals surface area contributed by atoms with E-state index in [2.05, 4.69) is 29.0 Å². The number of nitrogens with one attached hydrogen (secondary N) is 1. The van der Waals surface area contributed by atoms with Crippen molar-refractivity contribution in [2.45, 2.75) is 32.2 Å². The first-order valence-corrected chi connectivity index (χ1v) is 9.24. The summed E-state index contributed by atoms with van der Waals surface area (Å²) in [6.07, 6.45) is 2.33. The van der Waals surface area contributed by atoms with E-state index in [1.807, 2.05) is 0 Å². The topological polar surface area (TPSA) is 67.6 Å². The van der Waals surface area contributed by atoms with Crippen LogP contribution in [-0.2, 0) is 16.0 Å². The van der Waals surface area contributed by atoms with Crippen LogP contribution in [0.3, 0.4) is 0 Å². The number of benzene rings is 1. The van der Waals surface area contributed by atoms with Crippen LogP contribution in [0.4, 0.5) is 4.39 Å². The van der Waals surface area contributed by atoms with E-state index in [-0.39, 0.29) is 17.3 Å². The molecule has 27 heavy (non-hydrogen) atoms. The normalized spacial score (nSPS) is 15.7. The molecular weight excluding hydrogens is 349 g/mol. The number of rotatable bonds is 7. The number of carbonyl (C=O) groups is 1. The Labute approximate surface area is 158 Å². The standard InChI is InChI=1S/C20H26FN3O3/c1-20(2,24-9-11-26-12-10-24)14-23-18(25)7-8-19-22-13-17(27-19)15-3-5-16(21)6-4-15/h3-6,13H,7-12,14H2,1-2H3,(H,23,25). The molecule has 1 aromatic carbocycles. The van der Waals surface area contributed by atoms with E-state index in [1.165, 1.54) is 12.1 Å². The molecule has 1 saturated heterocycles. The van der Waals surface area contributed by atoms with Gasteiger partial charge in [0.05, 0.1) is 19.4 Å². The third kappa shape index (κ3) is 5.37. The fourth-order valence-corrected chi connectivity index (χ4v) is 3.08. The molecule has 6 nitrogen and oxygen atoms in total. The molecule has 0 bridgehead atoms. The second-order valence-electron chi connectivity index (χ2n) is 7.31. The van der Waals surface area contributed by atoms with E-state index in [0.717, 1.165) is 31.9 Å². The molecule has 7 heteroatoms. The highest BCUT2D eigenvalue weighted by Gasteiger charge is 2.28. The van der Waals surface area contributed by atoms with Crippen molar-refractivity contribution in [1.82, 2.24) is 15.2 Å². The molecule has 146 valence electrons. The number of carbonyl (C=O) groups excluding carboxylic acids is 1. The fourth-order valence-electron chi connectivity index (χ4n) is 3.08. The number of nitrogens with zero attached hydrogens (tertiary/aromatic N) is 2. The summed E-state index contributed by atoms with van der Waals surface area (Å²) >= 11 is 0. The van der Waals surface area contributed by atoms with Gasteiger partial charge in [0.2, 0.25) is 5.91 Å². The average molecular weight is 375 g/mol. The molecule has 1 aliphatic rings. The van der Waals surface area contributed by atoms with Gasteiger partial charge in [-0.15, -0.1) is 0 Å². The maximum Gasteiger partial charge on any atom is 0.220 e. The Morgan fingerprint density at radius 3 is 2.67 bits per heavy atom. The molecule has 1 aliphatic heterocycles. The minimum Gasteiger partial charge on any atom is -0.441 e. The summed E-state index contributed by atoms with van der Waals surface area (Å²) in [4.78, 5) is 18.7. The molecule has 3 rings (SSSR count). The van der Waals surface area contributed by atoms with Gasteiger partial charge in [0, 0.05) is 43.6 Å². The second kappa shape index (κ2) is 8.63. The number of hydrogen-bond acceptors (Lipinski definition) is 5. The summed E-state index contributed by atoms with van der Waals surface area (Å²) in [5, 5.41) is 3.00. The minimum absolute atomic E-state index is 0.0298. The van der Waals surface area contributed by atoms with Crippen molar-refractivity contribution in [3.05, 3.63) is 42.2 Å². The molecule has 1 aromatic heterocycles. The minimum atomic E-state index is -0.296. The van der Waals surface area contributed by atoms with Gasteiger partial charge in [0.15, 0.2) is 11.7 Å². The van der Waals surface area contributed by atoms with Gasteiger partial charge < -0.3 is 14.5 Å². The first-order valence-electron chi connectivity index (χ1n) is 9.24. The number of ether oxygens (including phenoxy) is 1. The molecule has 0 unspecified atom stereocenters. The zero-order chi connectivity index (χ0) is 19.3. The van der Waals surface area contributed by atoms with Crippen molar-refractivity contribution in [3.63, 3.8) is 0 Å². The van der Waals surface area contributed by atoms with Crippen LogP contribution >= 0.6 is 0 Å². The van der Waals surface area contributed by atoms with Crippen molar-refractivity contribution >= 4 is 5.91 Å². The van der Waals surface area contributed by atoms with E-state index < -0.39 is 0 Å². The van der Waals surface area contributed by atoms with E-state index >= 15 is 0 Å². The fraction of sp³-hybridized carbons (Fsp3) is 0.500. The number of halogens is 1. The van der Waals surface area contributed by atoms with Crippen molar-refractivity contribution in [3.8, 4) is 11.3 Å². The van der Waals surface area contributed by atoms with Crippen LogP contribution in [0.25, 0.3) is 11.3 Å². The van der Waals surface area contributed by atoms with E-state index in [4.69, 9.17) is 9.15 Å². The maximum atomic E-state index is 13.0. The molecule has 0 radical (unpaired) electrons. The lowest BCUT2D eigenvalue weighted by molar-refractivity contribution is -0.121. The Morgan fingerprint density at radius 2 is 1.96 bits per heavy atom. The summed E-state index contributed by atoms with van der Waals surface area (Å²) in [6.45, 7) is 8.06. The highest BCUT2D eigenvalue weighted by atomic mass is 19.1. The number of oxazole rings is 1. The molecule has 2 aromatic rings. The summed E-state index contributed by atoms with van der Waals surface area (Å²) in [5.41, 5.74) is 0.643. The van der Waals surface area contributed by atoms with Gasteiger partial charge >= 0.3 is 0 Å². The number of aromatic nitrogens is 1. The lowest BCUT2D eigenvalue weighted by Crippen LogP contribution is -2.55. The second-order valence-corrected chi connectivity index (χ2v) is 7.31. The van der Waals surface area contributed by atoms with Crippen LogP contribution in [-0.4, -0.2) is 54.2 Å². The van der Waals surface area contributed by atoms with Crippen LogP contribution in [0.2, 0.25) is 0 Å². The number of amides is 1. The van der Waals surface area contributed by atoms with Gasteiger partial charge in [-0.2, -0.15) is 0 Å². The van der Waals surface area contributed by atoms with Gasteiger partial charge in [0.25, 0.3) is 0 Å². The van der Waals surface area contributed by atoms with E-state index in [1.54, 1.807) is 18.3 Å². The van der Waals surface area contributed by atoms with Crippen LogP contribution in [0.15, 0.2) is 34.9 Å². The Kier molecular flexibility index (Phi) is 6.23. The van der Waals surface area contributed by atoms with Crippen molar-refractivity contribution in [2.75, 3.05) is 32.8 Å². The molecule has 1 N–H and O–H groups in total. The third-order valence-corrected chi connectivity index (χ3v) is 4.83. The summed E-state index contributed by atoms with van der Waals surface area (Å²) in [7, 11) is 0. The van der Waals surface area contributed by atoms with Gasteiger partial charge in [-0.05, 0) is 38.1 Å². The molecule has 1 amide bonds.